The zero-order valence-corrected chi connectivity index (χ0v) is 11.4. The third-order valence-corrected chi connectivity index (χ3v) is 4.63. The van der Waals surface area contributed by atoms with Crippen molar-refractivity contribution in [1.29, 1.82) is 0 Å². The summed E-state index contributed by atoms with van der Waals surface area (Å²) < 4.78 is 2.26. The van der Waals surface area contributed by atoms with Gasteiger partial charge in [-0.05, 0) is 36.5 Å². The molecule has 3 nitrogen and oxygen atoms in total. The minimum atomic E-state index is 0.531. The lowest BCUT2D eigenvalue weighted by Crippen LogP contribution is -2.10. The number of thiophene rings is 1. The van der Waals surface area contributed by atoms with E-state index >= 15 is 0 Å². The molecule has 1 unspecified atom stereocenters. The quantitative estimate of drug-likeness (QED) is 0.774. The zero-order chi connectivity index (χ0) is 12.7. The molecule has 0 spiro atoms. The van der Waals surface area contributed by atoms with Crippen molar-refractivity contribution in [3.05, 3.63) is 47.7 Å². The Labute approximate surface area is 115 Å². The summed E-state index contributed by atoms with van der Waals surface area (Å²) in [4.78, 5) is 6.20. The van der Waals surface area contributed by atoms with E-state index in [9.17, 15) is 0 Å². The van der Waals surface area contributed by atoms with Crippen LogP contribution in [0.3, 0.4) is 0 Å². The SMILES string of the molecule is c1csc(-c2nc(C3CCNC3)n3ccccc23)c1. The highest BCUT2D eigenvalue weighted by Crippen LogP contribution is 2.32. The van der Waals surface area contributed by atoms with E-state index in [0.717, 1.165) is 18.8 Å². The molecule has 4 heterocycles. The lowest BCUT2D eigenvalue weighted by Gasteiger charge is -2.06. The molecule has 3 aromatic heterocycles. The highest BCUT2D eigenvalue weighted by Gasteiger charge is 2.23. The van der Waals surface area contributed by atoms with E-state index in [2.05, 4.69) is 51.6 Å². The Balaban J connectivity index is 1.94. The van der Waals surface area contributed by atoms with Gasteiger partial charge < -0.3 is 9.72 Å². The van der Waals surface area contributed by atoms with Crippen molar-refractivity contribution in [3.63, 3.8) is 0 Å². The fourth-order valence-electron chi connectivity index (χ4n) is 2.82. The van der Waals surface area contributed by atoms with Crippen LogP contribution in [0, 0.1) is 0 Å². The van der Waals surface area contributed by atoms with Gasteiger partial charge in [0.05, 0.1) is 10.4 Å². The topological polar surface area (TPSA) is 29.3 Å². The Morgan fingerprint density at radius 2 is 2.26 bits per heavy atom. The largest absolute Gasteiger partial charge is 0.316 e. The van der Waals surface area contributed by atoms with Crippen LogP contribution in [-0.2, 0) is 0 Å². The van der Waals surface area contributed by atoms with E-state index in [4.69, 9.17) is 4.98 Å². The molecule has 1 fully saturated rings. The third kappa shape index (κ3) is 1.79. The van der Waals surface area contributed by atoms with Crippen molar-refractivity contribution in [2.24, 2.45) is 0 Å². The Morgan fingerprint density at radius 3 is 3.05 bits per heavy atom. The molecule has 0 aliphatic carbocycles. The Morgan fingerprint density at radius 1 is 1.26 bits per heavy atom. The number of rotatable bonds is 2. The van der Waals surface area contributed by atoms with E-state index in [-0.39, 0.29) is 0 Å². The number of hydrogen-bond donors (Lipinski definition) is 1. The van der Waals surface area contributed by atoms with Gasteiger partial charge in [0.25, 0.3) is 0 Å². The first kappa shape index (κ1) is 11.2. The molecular formula is C15H15N3S. The first-order valence-corrected chi connectivity index (χ1v) is 7.53. The van der Waals surface area contributed by atoms with Crippen LogP contribution in [0.15, 0.2) is 41.9 Å². The average molecular weight is 269 g/mol. The fourth-order valence-corrected chi connectivity index (χ4v) is 3.54. The monoisotopic (exact) mass is 269 g/mol. The van der Waals surface area contributed by atoms with Crippen molar-refractivity contribution < 1.29 is 0 Å². The normalized spacial score (nSPS) is 19.3. The lowest BCUT2D eigenvalue weighted by molar-refractivity contribution is 0.699. The predicted octanol–water partition coefficient (Wildman–Crippen LogP) is 3.14. The third-order valence-electron chi connectivity index (χ3n) is 3.76. The standard InChI is InChI=1S/C15H15N3S/c1-2-8-18-12(4-1)14(13-5-3-9-19-13)17-15(18)11-6-7-16-10-11/h1-5,8-9,11,16H,6-7,10H2. The summed E-state index contributed by atoms with van der Waals surface area (Å²) in [6, 6.07) is 10.6. The molecule has 3 aromatic rings. The van der Waals surface area contributed by atoms with Crippen LogP contribution >= 0.6 is 11.3 Å². The van der Waals surface area contributed by atoms with Gasteiger partial charge in [0.2, 0.25) is 0 Å². The van der Waals surface area contributed by atoms with E-state index in [1.54, 1.807) is 11.3 Å². The van der Waals surface area contributed by atoms with Crippen LogP contribution in [0.25, 0.3) is 16.1 Å². The molecule has 1 atom stereocenters. The number of aromatic nitrogens is 2. The maximum Gasteiger partial charge on any atom is 0.118 e. The van der Waals surface area contributed by atoms with E-state index in [1.807, 2.05) is 0 Å². The number of nitrogens with one attached hydrogen (secondary N) is 1. The second-order valence-corrected chi connectivity index (χ2v) is 5.89. The Hall–Kier alpha value is -1.65. The Bertz CT molecular complexity index is 693. The first-order chi connectivity index (χ1) is 9.43. The molecular weight excluding hydrogens is 254 g/mol. The van der Waals surface area contributed by atoms with E-state index in [1.165, 1.54) is 22.6 Å². The number of nitrogens with zero attached hydrogens (tertiary/aromatic N) is 2. The van der Waals surface area contributed by atoms with Crippen molar-refractivity contribution in [2.45, 2.75) is 12.3 Å². The van der Waals surface area contributed by atoms with Gasteiger partial charge in [-0.1, -0.05) is 12.1 Å². The second kappa shape index (κ2) is 4.47. The molecule has 1 aliphatic rings. The van der Waals surface area contributed by atoms with Gasteiger partial charge in [0.1, 0.15) is 11.5 Å². The molecule has 4 rings (SSSR count). The molecule has 0 saturated carbocycles. The number of imidazole rings is 1. The summed E-state index contributed by atoms with van der Waals surface area (Å²) >= 11 is 1.76. The van der Waals surface area contributed by atoms with Crippen LogP contribution in [0.5, 0.6) is 0 Å². The van der Waals surface area contributed by atoms with Crippen LogP contribution < -0.4 is 5.32 Å². The molecule has 0 aromatic carbocycles. The first-order valence-electron chi connectivity index (χ1n) is 6.65. The average Bonchev–Trinajstić information content (AvgIpc) is 3.18. The van der Waals surface area contributed by atoms with Crippen LogP contribution in [-0.4, -0.2) is 22.5 Å². The fraction of sp³-hybridized carbons (Fsp3) is 0.267. The molecule has 1 N–H and O–H groups in total. The predicted molar refractivity (Wildman–Crippen MR) is 78.7 cm³/mol. The van der Waals surface area contributed by atoms with Crippen LogP contribution in [0.4, 0.5) is 0 Å². The van der Waals surface area contributed by atoms with Crippen molar-refractivity contribution in [2.75, 3.05) is 13.1 Å². The lowest BCUT2D eigenvalue weighted by atomic mass is 10.1. The zero-order valence-electron chi connectivity index (χ0n) is 10.5. The van der Waals surface area contributed by atoms with Gasteiger partial charge in [-0.2, -0.15) is 0 Å². The van der Waals surface area contributed by atoms with E-state index < -0.39 is 0 Å². The summed E-state index contributed by atoms with van der Waals surface area (Å²) in [6.07, 6.45) is 3.31. The summed E-state index contributed by atoms with van der Waals surface area (Å²) in [5.41, 5.74) is 2.34. The summed E-state index contributed by atoms with van der Waals surface area (Å²) in [5.74, 6) is 1.73. The van der Waals surface area contributed by atoms with Gasteiger partial charge >= 0.3 is 0 Å². The summed E-state index contributed by atoms with van der Waals surface area (Å²) in [5, 5.41) is 5.54. The van der Waals surface area contributed by atoms with E-state index in [0.29, 0.717) is 5.92 Å². The molecule has 0 radical (unpaired) electrons. The highest BCUT2D eigenvalue weighted by atomic mass is 32.1. The molecule has 96 valence electrons. The molecule has 0 amide bonds. The van der Waals surface area contributed by atoms with Gasteiger partial charge in [0.15, 0.2) is 0 Å². The van der Waals surface area contributed by atoms with Crippen LogP contribution in [0.2, 0.25) is 0 Å². The van der Waals surface area contributed by atoms with Crippen molar-refractivity contribution >= 4 is 16.9 Å². The smallest absolute Gasteiger partial charge is 0.118 e. The molecule has 1 aliphatic heterocycles. The summed E-state index contributed by atoms with van der Waals surface area (Å²) in [6.45, 7) is 2.14. The van der Waals surface area contributed by atoms with Crippen LogP contribution in [0.1, 0.15) is 18.2 Å². The molecule has 1 saturated heterocycles. The second-order valence-electron chi connectivity index (χ2n) is 4.94. The number of hydrogen-bond acceptors (Lipinski definition) is 3. The molecule has 19 heavy (non-hydrogen) atoms. The number of fused-ring (bicyclic) bond motifs is 1. The van der Waals surface area contributed by atoms with Gasteiger partial charge in [-0.3, -0.25) is 0 Å². The molecule has 4 heteroatoms. The summed E-state index contributed by atoms with van der Waals surface area (Å²) in [7, 11) is 0. The number of pyridine rings is 1. The Kier molecular flexibility index (Phi) is 2.64. The minimum absolute atomic E-state index is 0.531. The van der Waals surface area contributed by atoms with Crippen molar-refractivity contribution in [3.8, 4) is 10.6 Å². The van der Waals surface area contributed by atoms with Gasteiger partial charge in [-0.15, -0.1) is 11.3 Å². The molecule has 0 bridgehead atoms. The minimum Gasteiger partial charge on any atom is -0.316 e. The van der Waals surface area contributed by atoms with Crippen molar-refractivity contribution in [1.82, 2.24) is 14.7 Å². The van der Waals surface area contributed by atoms with Gasteiger partial charge in [0, 0.05) is 18.7 Å². The highest BCUT2D eigenvalue weighted by molar-refractivity contribution is 7.13. The van der Waals surface area contributed by atoms with Gasteiger partial charge in [-0.25, -0.2) is 4.98 Å². The maximum absolute atomic E-state index is 4.95. The maximum atomic E-state index is 4.95.